The Morgan fingerprint density at radius 1 is 0.346 bits per heavy atom. The predicted molar refractivity (Wildman–Crippen MR) is 328 cm³/mol. The van der Waals surface area contributed by atoms with Crippen molar-refractivity contribution >= 4 is 65.3 Å². The van der Waals surface area contributed by atoms with Crippen molar-refractivity contribution in [2.75, 3.05) is 0 Å². The molecule has 14 aromatic rings. The molecule has 1 atom stereocenters. The molecule has 0 radical (unpaired) electrons. The van der Waals surface area contributed by atoms with Gasteiger partial charge >= 0.3 is 0 Å². The fourth-order valence-corrected chi connectivity index (χ4v) is 11.4. The van der Waals surface area contributed by atoms with Gasteiger partial charge in [0.25, 0.3) is 0 Å². The van der Waals surface area contributed by atoms with Crippen molar-refractivity contribution in [2.45, 2.75) is 52.4 Å². The molecule has 2 aromatic heterocycles. The van der Waals surface area contributed by atoms with E-state index in [4.69, 9.17) is 18.8 Å². The molecule has 2 heterocycles. The molecule has 0 saturated carbocycles. The first-order chi connectivity index (χ1) is 38.2. The van der Waals surface area contributed by atoms with Gasteiger partial charge in [-0.1, -0.05) is 223 Å². The van der Waals surface area contributed by atoms with Gasteiger partial charge in [-0.05, 0) is 171 Å². The maximum absolute atomic E-state index is 6.04. The van der Waals surface area contributed by atoms with Crippen molar-refractivity contribution in [1.82, 2.24) is 9.97 Å². The topological polar surface area (TPSA) is 52.1 Å². The lowest BCUT2D eigenvalue weighted by atomic mass is 9.81. The van der Waals surface area contributed by atoms with Crippen LogP contribution in [0.5, 0.6) is 0 Å². The summed E-state index contributed by atoms with van der Waals surface area (Å²) in [6.45, 7) is 11.4. The van der Waals surface area contributed by atoms with Crippen molar-refractivity contribution in [1.29, 1.82) is 0 Å². The fraction of sp³-hybridized carbons (Fsp3) is 0.108. The monoisotopic (exact) mass is 1010 g/mol. The van der Waals surface area contributed by atoms with Crippen LogP contribution in [0, 0.1) is 0 Å². The third-order valence-electron chi connectivity index (χ3n) is 15.7. The van der Waals surface area contributed by atoms with E-state index in [1.165, 1.54) is 98.7 Å². The first-order valence-electron chi connectivity index (χ1n) is 27.2. The third kappa shape index (κ3) is 8.79. The molecule has 0 spiro atoms. The molecule has 78 heavy (non-hydrogen) atoms. The van der Waals surface area contributed by atoms with Crippen LogP contribution in [0.25, 0.3) is 133 Å². The fourth-order valence-electron chi connectivity index (χ4n) is 11.4. The number of rotatable bonds is 8. The Bertz CT molecular complexity index is 4440. The SMILES string of the molecule is CC(C)(C)c1ccc2c(-c3ccc(-c4nc5ccccc5o4)cc3)c3ccccc3c(-c3ccccc3)c2c1.CCC(C)c1ccc2c(-c3ccc(-c4nc5ccccc5o4)cc3)c3ccccc3c(-c3ccccc3)c2c1. The van der Waals surface area contributed by atoms with Crippen LogP contribution in [-0.4, -0.2) is 9.97 Å². The van der Waals surface area contributed by atoms with Gasteiger partial charge in [0.2, 0.25) is 11.8 Å². The summed E-state index contributed by atoms with van der Waals surface area (Å²) in [5.41, 5.74) is 18.0. The van der Waals surface area contributed by atoms with E-state index in [0.29, 0.717) is 17.7 Å². The zero-order valence-corrected chi connectivity index (χ0v) is 44.6. The summed E-state index contributed by atoms with van der Waals surface area (Å²) in [7, 11) is 0. The van der Waals surface area contributed by atoms with Gasteiger partial charge < -0.3 is 8.83 Å². The van der Waals surface area contributed by atoms with Crippen molar-refractivity contribution in [3.05, 3.63) is 254 Å². The van der Waals surface area contributed by atoms with Gasteiger partial charge in [0.05, 0.1) is 0 Å². The number of aromatic nitrogens is 2. The number of fused-ring (bicyclic) bond motifs is 6. The molecule has 0 aliphatic rings. The molecule has 0 saturated heterocycles. The van der Waals surface area contributed by atoms with E-state index in [2.05, 4.69) is 229 Å². The summed E-state index contributed by atoms with van der Waals surface area (Å²) in [4.78, 5) is 9.39. The lowest BCUT2D eigenvalue weighted by Gasteiger charge is -2.23. The highest BCUT2D eigenvalue weighted by molar-refractivity contribution is 6.23. The molecule has 0 fully saturated rings. The van der Waals surface area contributed by atoms with Gasteiger partial charge in [-0.15, -0.1) is 0 Å². The number of oxazole rings is 2. The largest absolute Gasteiger partial charge is 0.436 e. The highest BCUT2D eigenvalue weighted by Crippen LogP contribution is 2.47. The van der Waals surface area contributed by atoms with Crippen LogP contribution >= 0.6 is 0 Å². The van der Waals surface area contributed by atoms with Crippen LogP contribution in [-0.2, 0) is 5.41 Å². The van der Waals surface area contributed by atoms with Crippen LogP contribution in [0.15, 0.2) is 251 Å². The number of hydrogen-bond acceptors (Lipinski definition) is 4. The molecule has 4 nitrogen and oxygen atoms in total. The summed E-state index contributed by atoms with van der Waals surface area (Å²) in [6, 6.07) is 86.4. The summed E-state index contributed by atoms with van der Waals surface area (Å²) < 4.78 is 12.1. The number of nitrogens with zero attached hydrogens (tertiary/aromatic N) is 2. The van der Waals surface area contributed by atoms with Gasteiger partial charge in [-0.2, -0.15) is 0 Å². The lowest BCUT2D eigenvalue weighted by Crippen LogP contribution is -2.10. The summed E-state index contributed by atoms with van der Waals surface area (Å²) >= 11 is 0. The van der Waals surface area contributed by atoms with E-state index in [1.54, 1.807) is 0 Å². The van der Waals surface area contributed by atoms with Gasteiger partial charge in [0, 0.05) is 11.1 Å². The third-order valence-corrected chi connectivity index (χ3v) is 15.7. The minimum atomic E-state index is 0.0508. The van der Waals surface area contributed by atoms with Gasteiger partial charge in [-0.25, -0.2) is 9.97 Å². The van der Waals surface area contributed by atoms with E-state index < -0.39 is 0 Å². The van der Waals surface area contributed by atoms with E-state index in [9.17, 15) is 0 Å². The van der Waals surface area contributed by atoms with E-state index in [0.717, 1.165) is 39.7 Å². The molecule has 0 aliphatic carbocycles. The quantitative estimate of drug-likeness (QED) is 0.142. The lowest BCUT2D eigenvalue weighted by molar-refractivity contribution is 0.591. The molecule has 0 N–H and O–H groups in total. The van der Waals surface area contributed by atoms with Crippen LogP contribution in [0.3, 0.4) is 0 Å². The standard InChI is InChI=1S/2C37H29NO/c1-37(2,3)27-21-22-30-31(23-27)35(24-11-5-4-6-12-24)29-14-8-7-13-28(29)34(30)25-17-19-26(20-18-25)36-38-32-15-9-10-16-33(32)39-36;1-3-24(2)28-21-22-31-32(23-28)36(25-11-5-4-6-12-25)30-14-8-7-13-29(30)35(31)26-17-19-27(20-18-26)37-38-33-15-9-10-16-34(33)39-37/h4-23H,1-3H3;4-24H,3H2,1-2H3. The number of benzene rings is 12. The van der Waals surface area contributed by atoms with Gasteiger partial charge in [-0.3, -0.25) is 0 Å². The minimum Gasteiger partial charge on any atom is -0.436 e. The second-order valence-corrected chi connectivity index (χ2v) is 21.6. The van der Waals surface area contributed by atoms with Gasteiger partial charge in [0.1, 0.15) is 11.0 Å². The Hall–Kier alpha value is -9.38. The van der Waals surface area contributed by atoms with E-state index in [1.807, 2.05) is 48.5 Å². The van der Waals surface area contributed by atoms with Crippen LogP contribution in [0.1, 0.15) is 58.1 Å². The smallest absolute Gasteiger partial charge is 0.227 e. The van der Waals surface area contributed by atoms with Crippen molar-refractivity contribution in [2.24, 2.45) is 0 Å². The Labute approximate surface area is 455 Å². The number of hydrogen-bond donors (Lipinski definition) is 0. The van der Waals surface area contributed by atoms with Crippen molar-refractivity contribution in [3.8, 4) is 67.4 Å². The summed E-state index contributed by atoms with van der Waals surface area (Å²) in [5.74, 6) is 1.80. The Balaban J connectivity index is 0.000000148. The van der Waals surface area contributed by atoms with Crippen LogP contribution in [0.4, 0.5) is 0 Å². The van der Waals surface area contributed by atoms with Crippen molar-refractivity contribution in [3.63, 3.8) is 0 Å². The zero-order chi connectivity index (χ0) is 52.9. The maximum Gasteiger partial charge on any atom is 0.227 e. The Morgan fingerprint density at radius 2 is 0.692 bits per heavy atom. The highest BCUT2D eigenvalue weighted by Gasteiger charge is 2.22. The average molecular weight is 1010 g/mol. The minimum absolute atomic E-state index is 0.0508. The van der Waals surface area contributed by atoms with Crippen LogP contribution in [0.2, 0.25) is 0 Å². The Morgan fingerprint density at radius 3 is 1.12 bits per heavy atom. The summed E-state index contributed by atoms with van der Waals surface area (Å²) in [6.07, 6.45) is 1.11. The Kier molecular flexibility index (Phi) is 12.4. The second-order valence-electron chi connectivity index (χ2n) is 21.6. The average Bonchev–Trinajstić information content (AvgIpc) is 4.28. The molecule has 12 aromatic carbocycles. The molecule has 0 amide bonds. The van der Waals surface area contributed by atoms with Crippen molar-refractivity contribution < 1.29 is 8.83 Å². The molecule has 4 heteroatoms. The predicted octanol–water partition coefficient (Wildman–Crippen LogP) is 21.1. The van der Waals surface area contributed by atoms with Gasteiger partial charge in [0.15, 0.2) is 11.2 Å². The molecule has 0 aliphatic heterocycles. The maximum atomic E-state index is 6.04. The number of para-hydroxylation sites is 4. The molecular formula is C74H58N2O2. The second kappa shape index (κ2) is 20.0. The van der Waals surface area contributed by atoms with Crippen LogP contribution < -0.4 is 0 Å². The first-order valence-corrected chi connectivity index (χ1v) is 27.2. The first kappa shape index (κ1) is 48.3. The molecular weight excluding hydrogens is 949 g/mol. The molecule has 1 unspecified atom stereocenters. The van der Waals surface area contributed by atoms with E-state index in [-0.39, 0.29) is 5.41 Å². The highest BCUT2D eigenvalue weighted by atomic mass is 16.4. The van der Waals surface area contributed by atoms with E-state index >= 15 is 0 Å². The molecule has 0 bridgehead atoms. The molecule has 14 rings (SSSR count). The zero-order valence-electron chi connectivity index (χ0n) is 44.6. The summed E-state index contributed by atoms with van der Waals surface area (Å²) in [5, 5.41) is 10.2. The molecule has 376 valence electrons. The normalized spacial score (nSPS) is 12.2.